The van der Waals surface area contributed by atoms with Crippen LogP contribution < -0.4 is 5.32 Å². The monoisotopic (exact) mass is 256 g/mol. The van der Waals surface area contributed by atoms with Crippen LogP contribution in [0.4, 0.5) is 5.69 Å². The number of methoxy groups -OCH3 is 1. The summed E-state index contributed by atoms with van der Waals surface area (Å²) in [5.41, 5.74) is 3.60. The molecule has 0 saturated heterocycles. The molecule has 0 amide bonds. The van der Waals surface area contributed by atoms with Gasteiger partial charge in [-0.05, 0) is 30.2 Å². The molecule has 0 radical (unpaired) electrons. The fourth-order valence-electron chi connectivity index (χ4n) is 1.76. The van der Waals surface area contributed by atoms with Gasteiger partial charge in [-0.3, -0.25) is 0 Å². The van der Waals surface area contributed by atoms with E-state index in [-0.39, 0.29) is 0 Å². The zero-order valence-electron chi connectivity index (χ0n) is 11.0. The predicted octanol–water partition coefficient (Wildman–Crippen LogP) is 2.79. The fraction of sp³-hybridized carbons (Fsp3) is 0.200. The smallest absolute Gasteiger partial charge is 0.356 e. The summed E-state index contributed by atoms with van der Waals surface area (Å²) < 4.78 is 4.64. The van der Waals surface area contributed by atoms with Crippen LogP contribution in [0.1, 0.15) is 21.6 Å². The third kappa shape index (κ3) is 3.31. The van der Waals surface area contributed by atoms with E-state index in [0.29, 0.717) is 12.2 Å². The highest BCUT2D eigenvalue weighted by Crippen LogP contribution is 2.13. The Morgan fingerprint density at radius 2 is 2.11 bits per heavy atom. The van der Waals surface area contributed by atoms with Gasteiger partial charge in [0, 0.05) is 18.4 Å². The van der Waals surface area contributed by atoms with E-state index in [9.17, 15) is 4.79 Å². The average Bonchev–Trinajstić information content (AvgIpc) is 2.46. The summed E-state index contributed by atoms with van der Waals surface area (Å²) in [6.07, 6.45) is 1.59. The molecule has 19 heavy (non-hydrogen) atoms. The van der Waals surface area contributed by atoms with Crippen molar-refractivity contribution in [2.24, 2.45) is 0 Å². The zero-order chi connectivity index (χ0) is 13.7. The molecule has 0 aliphatic rings. The number of nitrogens with zero attached hydrogens (tertiary/aromatic N) is 1. The van der Waals surface area contributed by atoms with Crippen LogP contribution >= 0.6 is 0 Å². The Hall–Kier alpha value is -2.36. The lowest BCUT2D eigenvalue weighted by Gasteiger charge is -2.09. The van der Waals surface area contributed by atoms with E-state index >= 15 is 0 Å². The minimum Gasteiger partial charge on any atom is -0.464 e. The van der Waals surface area contributed by atoms with Gasteiger partial charge in [0.25, 0.3) is 0 Å². The molecule has 1 heterocycles. The van der Waals surface area contributed by atoms with Crippen LogP contribution in [0, 0.1) is 6.92 Å². The van der Waals surface area contributed by atoms with Crippen molar-refractivity contribution in [3.63, 3.8) is 0 Å². The number of nitrogens with one attached hydrogen (secondary N) is 1. The molecule has 0 aliphatic heterocycles. The molecular weight excluding hydrogens is 240 g/mol. The predicted molar refractivity (Wildman–Crippen MR) is 74.1 cm³/mol. The largest absolute Gasteiger partial charge is 0.464 e. The Morgan fingerprint density at radius 3 is 2.84 bits per heavy atom. The van der Waals surface area contributed by atoms with E-state index in [2.05, 4.69) is 34.1 Å². The van der Waals surface area contributed by atoms with Crippen molar-refractivity contribution in [1.29, 1.82) is 0 Å². The van der Waals surface area contributed by atoms with Gasteiger partial charge >= 0.3 is 5.97 Å². The van der Waals surface area contributed by atoms with Crippen LogP contribution in [0.2, 0.25) is 0 Å². The maximum Gasteiger partial charge on any atom is 0.356 e. The zero-order valence-corrected chi connectivity index (χ0v) is 11.0. The molecule has 0 spiro atoms. The van der Waals surface area contributed by atoms with Crippen LogP contribution in [-0.2, 0) is 11.3 Å². The molecule has 1 aromatic heterocycles. The molecule has 1 N–H and O–H groups in total. The van der Waals surface area contributed by atoms with E-state index in [1.807, 2.05) is 18.2 Å². The summed E-state index contributed by atoms with van der Waals surface area (Å²) >= 11 is 0. The Bertz CT molecular complexity index is 582. The quantitative estimate of drug-likeness (QED) is 0.855. The maximum absolute atomic E-state index is 11.4. The van der Waals surface area contributed by atoms with Gasteiger partial charge in [-0.15, -0.1) is 0 Å². The highest BCUT2D eigenvalue weighted by molar-refractivity contribution is 5.88. The number of carbonyl (C=O) groups is 1. The number of aryl methyl sites for hydroxylation is 1. The number of ether oxygens (including phenoxy) is 1. The molecule has 0 aliphatic carbocycles. The van der Waals surface area contributed by atoms with E-state index in [1.165, 1.54) is 18.2 Å². The number of rotatable bonds is 4. The molecule has 2 aromatic rings. The highest BCUT2D eigenvalue weighted by Gasteiger charge is 2.07. The molecule has 0 unspecified atom stereocenters. The van der Waals surface area contributed by atoms with Gasteiger partial charge in [0.15, 0.2) is 0 Å². The third-order valence-corrected chi connectivity index (χ3v) is 2.90. The average molecular weight is 256 g/mol. The first-order valence-corrected chi connectivity index (χ1v) is 6.03. The number of benzene rings is 1. The van der Waals surface area contributed by atoms with Crippen molar-refractivity contribution in [2.75, 3.05) is 12.4 Å². The Balaban J connectivity index is 2.08. The number of esters is 1. The molecule has 0 fully saturated rings. The number of hydrogen-bond donors (Lipinski definition) is 1. The summed E-state index contributed by atoms with van der Waals surface area (Å²) in [6, 6.07) is 11.7. The van der Waals surface area contributed by atoms with Crippen molar-refractivity contribution in [3.8, 4) is 0 Å². The molecule has 0 saturated carbocycles. The van der Waals surface area contributed by atoms with Gasteiger partial charge in [-0.25, -0.2) is 9.78 Å². The Labute approximate surface area is 112 Å². The van der Waals surface area contributed by atoms with Crippen LogP contribution in [0.5, 0.6) is 0 Å². The van der Waals surface area contributed by atoms with Crippen molar-refractivity contribution in [3.05, 3.63) is 59.4 Å². The van der Waals surface area contributed by atoms with Crippen molar-refractivity contribution < 1.29 is 9.53 Å². The lowest BCUT2D eigenvalue weighted by molar-refractivity contribution is 0.0594. The minimum atomic E-state index is -0.431. The van der Waals surface area contributed by atoms with Gasteiger partial charge < -0.3 is 10.1 Å². The van der Waals surface area contributed by atoms with E-state index in [0.717, 1.165) is 5.69 Å². The molecule has 2 rings (SSSR count). The van der Waals surface area contributed by atoms with Crippen LogP contribution in [0.3, 0.4) is 0 Å². The standard InChI is InChI=1S/C15H16N2O2/c1-11-5-3-4-6-12(11)10-17-13-7-8-16-14(9-13)15(18)19-2/h3-9H,10H2,1-2H3,(H,16,17). The number of anilines is 1. The summed E-state index contributed by atoms with van der Waals surface area (Å²) in [5, 5.41) is 3.27. The summed E-state index contributed by atoms with van der Waals surface area (Å²) in [4.78, 5) is 15.3. The first-order chi connectivity index (χ1) is 9.20. The molecule has 0 atom stereocenters. The maximum atomic E-state index is 11.4. The van der Waals surface area contributed by atoms with Crippen LogP contribution in [-0.4, -0.2) is 18.1 Å². The molecule has 1 aromatic carbocycles. The number of aromatic nitrogens is 1. The molecule has 98 valence electrons. The number of pyridine rings is 1. The first-order valence-electron chi connectivity index (χ1n) is 6.03. The minimum absolute atomic E-state index is 0.303. The van der Waals surface area contributed by atoms with Gasteiger partial charge in [0.2, 0.25) is 0 Å². The van der Waals surface area contributed by atoms with Crippen molar-refractivity contribution >= 4 is 11.7 Å². The molecule has 4 nitrogen and oxygen atoms in total. The lowest BCUT2D eigenvalue weighted by Crippen LogP contribution is -2.06. The van der Waals surface area contributed by atoms with Crippen molar-refractivity contribution in [1.82, 2.24) is 4.98 Å². The lowest BCUT2D eigenvalue weighted by atomic mass is 10.1. The van der Waals surface area contributed by atoms with E-state index in [4.69, 9.17) is 0 Å². The Kier molecular flexibility index (Phi) is 4.13. The topological polar surface area (TPSA) is 51.2 Å². The SMILES string of the molecule is COC(=O)c1cc(NCc2ccccc2C)ccn1. The third-order valence-electron chi connectivity index (χ3n) is 2.90. The second-order valence-corrected chi connectivity index (χ2v) is 4.20. The molecular formula is C15H16N2O2. The highest BCUT2D eigenvalue weighted by atomic mass is 16.5. The summed E-state index contributed by atoms with van der Waals surface area (Å²) in [5.74, 6) is -0.431. The summed E-state index contributed by atoms with van der Waals surface area (Å²) in [7, 11) is 1.34. The number of carbonyl (C=O) groups excluding carboxylic acids is 1. The van der Waals surface area contributed by atoms with Crippen LogP contribution in [0.15, 0.2) is 42.6 Å². The van der Waals surface area contributed by atoms with Crippen LogP contribution in [0.25, 0.3) is 0 Å². The number of hydrogen-bond acceptors (Lipinski definition) is 4. The van der Waals surface area contributed by atoms with Gasteiger partial charge in [-0.2, -0.15) is 0 Å². The van der Waals surface area contributed by atoms with E-state index < -0.39 is 5.97 Å². The second-order valence-electron chi connectivity index (χ2n) is 4.20. The fourth-order valence-corrected chi connectivity index (χ4v) is 1.76. The van der Waals surface area contributed by atoms with Crippen molar-refractivity contribution in [2.45, 2.75) is 13.5 Å². The van der Waals surface area contributed by atoms with Gasteiger partial charge in [0.1, 0.15) is 5.69 Å². The summed E-state index contributed by atoms with van der Waals surface area (Å²) in [6.45, 7) is 2.78. The second kappa shape index (κ2) is 6.00. The molecule has 0 bridgehead atoms. The first kappa shape index (κ1) is 13.1. The Morgan fingerprint density at radius 1 is 1.32 bits per heavy atom. The molecule has 4 heteroatoms. The van der Waals surface area contributed by atoms with Gasteiger partial charge in [0.05, 0.1) is 7.11 Å². The normalized spacial score (nSPS) is 10.0. The van der Waals surface area contributed by atoms with Gasteiger partial charge in [-0.1, -0.05) is 24.3 Å². The van der Waals surface area contributed by atoms with E-state index in [1.54, 1.807) is 12.3 Å².